The molecule has 0 bridgehead atoms. The Morgan fingerprint density at radius 1 is 1.47 bits per heavy atom. The number of aryl methyl sites for hydroxylation is 1. The molecule has 3 N–H and O–H groups in total. The van der Waals surface area contributed by atoms with Crippen LogP contribution in [0.3, 0.4) is 0 Å². The fourth-order valence-corrected chi connectivity index (χ4v) is 1.91. The molecule has 0 saturated heterocycles. The lowest BCUT2D eigenvalue weighted by atomic mass is 10.2. The van der Waals surface area contributed by atoms with E-state index >= 15 is 0 Å². The highest BCUT2D eigenvalue weighted by Crippen LogP contribution is 2.19. The maximum absolute atomic E-state index is 11.9. The molecule has 0 fully saturated rings. The van der Waals surface area contributed by atoms with Crippen LogP contribution >= 0.6 is 15.9 Å². The summed E-state index contributed by atoms with van der Waals surface area (Å²) in [5, 5.41) is 6.95. The maximum Gasteiger partial charge on any atom is 0.251 e. The smallest absolute Gasteiger partial charge is 0.251 e. The highest BCUT2D eigenvalue weighted by Gasteiger charge is 2.06. The molecule has 0 saturated carbocycles. The third-order valence-electron chi connectivity index (χ3n) is 2.67. The number of nitrogens with two attached hydrogens (primary N) is 1. The lowest BCUT2D eigenvalue weighted by Crippen LogP contribution is -2.25. The number of nitrogen functional groups attached to an aromatic ring is 1. The Labute approximate surface area is 119 Å². The van der Waals surface area contributed by atoms with E-state index in [1.165, 1.54) is 0 Å². The van der Waals surface area contributed by atoms with Gasteiger partial charge in [-0.15, -0.1) is 0 Å². The molecule has 0 aliphatic heterocycles. The molecule has 1 aromatic carbocycles. The second-order valence-corrected chi connectivity index (χ2v) is 4.97. The Morgan fingerprint density at radius 3 is 3.00 bits per heavy atom. The van der Waals surface area contributed by atoms with Crippen molar-refractivity contribution in [3.05, 3.63) is 46.7 Å². The number of halogens is 1. The van der Waals surface area contributed by atoms with E-state index < -0.39 is 0 Å². The Kier molecular flexibility index (Phi) is 4.57. The van der Waals surface area contributed by atoms with Gasteiger partial charge in [0.25, 0.3) is 5.91 Å². The summed E-state index contributed by atoms with van der Waals surface area (Å²) in [5.74, 6) is -0.111. The van der Waals surface area contributed by atoms with Gasteiger partial charge in [0.2, 0.25) is 0 Å². The number of nitrogens with one attached hydrogen (secondary N) is 1. The van der Waals surface area contributed by atoms with Crippen molar-refractivity contribution in [2.24, 2.45) is 0 Å². The second kappa shape index (κ2) is 6.38. The molecule has 0 atom stereocenters. The van der Waals surface area contributed by atoms with E-state index in [0.717, 1.165) is 17.4 Å². The van der Waals surface area contributed by atoms with Crippen LogP contribution in [0.25, 0.3) is 0 Å². The number of anilines is 1. The molecule has 0 aliphatic rings. The van der Waals surface area contributed by atoms with Crippen molar-refractivity contribution in [2.75, 3.05) is 12.3 Å². The normalized spacial score (nSPS) is 10.4. The number of benzene rings is 1. The molecular formula is C13H15BrN4O. The highest BCUT2D eigenvalue weighted by molar-refractivity contribution is 9.10. The number of hydrogen-bond acceptors (Lipinski definition) is 3. The average molecular weight is 323 g/mol. The molecule has 5 nitrogen and oxygen atoms in total. The first-order chi connectivity index (χ1) is 9.16. The van der Waals surface area contributed by atoms with E-state index in [1.54, 1.807) is 24.4 Å². The van der Waals surface area contributed by atoms with Gasteiger partial charge in [-0.2, -0.15) is 5.10 Å². The molecule has 2 rings (SSSR count). The quantitative estimate of drug-likeness (QED) is 0.653. The highest BCUT2D eigenvalue weighted by atomic mass is 79.9. The van der Waals surface area contributed by atoms with Crippen LogP contribution in [0.2, 0.25) is 0 Å². The minimum Gasteiger partial charge on any atom is -0.398 e. The number of nitrogens with zero attached hydrogens (tertiary/aromatic N) is 2. The summed E-state index contributed by atoms with van der Waals surface area (Å²) in [6.07, 6.45) is 4.47. The molecule has 1 heterocycles. The summed E-state index contributed by atoms with van der Waals surface area (Å²) in [6.45, 7) is 1.39. The summed E-state index contributed by atoms with van der Waals surface area (Å²) < 4.78 is 2.63. The van der Waals surface area contributed by atoms with Crippen LogP contribution in [0.4, 0.5) is 5.69 Å². The van der Waals surface area contributed by atoms with Gasteiger partial charge in [0.05, 0.1) is 0 Å². The molecule has 6 heteroatoms. The monoisotopic (exact) mass is 322 g/mol. The van der Waals surface area contributed by atoms with Gasteiger partial charge >= 0.3 is 0 Å². The van der Waals surface area contributed by atoms with Gasteiger partial charge in [-0.05, 0) is 46.6 Å². The largest absolute Gasteiger partial charge is 0.398 e. The van der Waals surface area contributed by atoms with Gasteiger partial charge in [0.15, 0.2) is 0 Å². The number of aromatic nitrogens is 2. The van der Waals surface area contributed by atoms with Crippen LogP contribution < -0.4 is 11.1 Å². The molecule has 100 valence electrons. The van der Waals surface area contributed by atoms with Gasteiger partial charge in [-0.1, -0.05) is 0 Å². The van der Waals surface area contributed by atoms with Crippen molar-refractivity contribution in [3.8, 4) is 0 Å². The van der Waals surface area contributed by atoms with Crippen LogP contribution in [0.1, 0.15) is 16.8 Å². The predicted molar refractivity (Wildman–Crippen MR) is 77.7 cm³/mol. The standard InChI is InChI=1S/C13H15BrN4O/c14-11-4-3-10(9-12(11)15)13(19)16-5-1-7-18-8-2-6-17-18/h2-4,6,8-9H,1,5,7,15H2,(H,16,19). The Hall–Kier alpha value is -1.82. The maximum atomic E-state index is 11.9. The van der Waals surface area contributed by atoms with Crippen molar-refractivity contribution in [1.29, 1.82) is 0 Å². The first-order valence-corrected chi connectivity index (χ1v) is 6.77. The summed E-state index contributed by atoms with van der Waals surface area (Å²) in [7, 11) is 0. The van der Waals surface area contributed by atoms with Gasteiger partial charge in [-0.25, -0.2) is 0 Å². The zero-order valence-corrected chi connectivity index (χ0v) is 11.9. The second-order valence-electron chi connectivity index (χ2n) is 4.11. The zero-order chi connectivity index (χ0) is 13.7. The number of carbonyl (C=O) groups excluding carboxylic acids is 1. The lowest BCUT2D eigenvalue weighted by Gasteiger charge is -2.07. The summed E-state index contributed by atoms with van der Waals surface area (Å²) in [6, 6.07) is 7.05. The molecule has 19 heavy (non-hydrogen) atoms. The average Bonchev–Trinajstić information content (AvgIpc) is 2.91. The molecule has 0 radical (unpaired) electrons. The summed E-state index contributed by atoms with van der Waals surface area (Å²) in [5.41, 5.74) is 6.87. The van der Waals surface area contributed by atoms with Crippen molar-refractivity contribution in [2.45, 2.75) is 13.0 Å². The zero-order valence-electron chi connectivity index (χ0n) is 10.3. The first kappa shape index (κ1) is 13.6. The Bertz CT molecular complexity index is 554. The Balaban J connectivity index is 1.79. The minimum absolute atomic E-state index is 0.111. The summed E-state index contributed by atoms with van der Waals surface area (Å²) in [4.78, 5) is 11.9. The fraction of sp³-hybridized carbons (Fsp3) is 0.231. The van der Waals surface area contributed by atoms with Gasteiger partial charge in [0, 0.05) is 41.2 Å². The van der Waals surface area contributed by atoms with Gasteiger partial charge in [-0.3, -0.25) is 9.48 Å². The molecular weight excluding hydrogens is 308 g/mol. The first-order valence-electron chi connectivity index (χ1n) is 5.97. The molecule has 0 unspecified atom stereocenters. The number of carbonyl (C=O) groups is 1. The molecule has 2 aromatic rings. The van der Waals surface area contributed by atoms with E-state index in [-0.39, 0.29) is 5.91 Å². The van der Waals surface area contributed by atoms with Crippen LogP contribution in [0.15, 0.2) is 41.1 Å². The van der Waals surface area contributed by atoms with Crippen molar-refractivity contribution in [1.82, 2.24) is 15.1 Å². The minimum atomic E-state index is -0.111. The van der Waals surface area contributed by atoms with E-state index in [4.69, 9.17) is 5.73 Å². The van der Waals surface area contributed by atoms with Crippen LogP contribution in [-0.2, 0) is 6.54 Å². The van der Waals surface area contributed by atoms with Gasteiger partial charge in [0.1, 0.15) is 0 Å². The lowest BCUT2D eigenvalue weighted by molar-refractivity contribution is 0.0952. The van der Waals surface area contributed by atoms with Crippen molar-refractivity contribution >= 4 is 27.5 Å². The number of hydrogen-bond donors (Lipinski definition) is 2. The van der Waals surface area contributed by atoms with Crippen molar-refractivity contribution in [3.63, 3.8) is 0 Å². The number of rotatable bonds is 5. The number of amides is 1. The molecule has 1 amide bonds. The van der Waals surface area contributed by atoms with Crippen LogP contribution in [0.5, 0.6) is 0 Å². The van der Waals surface area contributed by atoms with E-state index in [1.807, 2.05) is 16.9 Å². The third-order valence-corrected chi connectivity index (χ3v) is 3.39. The Morgan fingerprint density at radius 2 is 2.32 bits per heavy atom. The van der Waals surface area contributed by atoms with Crippen LogP contribution in [-0.4, -0.2) is 22.2 Å². The van der Waals surface area contributed by atoms with E-state index in [2.05, 4.69) is 26.3 Å². The topological polar surface area (TPSA) is 72.9 Å². The van der Waals surface area contributed by atoms with Gasteiger partial charge < -0.3 is 11.1 Å². The SMILES string of the molecule is Nc1cc(C(=O)NCCCn2cccn2)ccc1Br. The third kappa shape index (κ3) is 3.82. The molecule has 0 spiro atoms. The molecule has 0 aliphatic carbocycles. The summed E-state index contributed by atoms with van der Waals surface area (Å²) >= 11 is 3.30. The van der Waals surface area contributed by atoms with E-state index in [0.29, 0.717) is 17.8 Å². The fourth-order valence-electron chi connectivity index (χ4n) is 1.66. The van der Waals surface area contributed by atoms with Crippen molar-refractivity contribution < 1.29 is 4.79 Å². The predicted octanol–water partition coefficient (Wildman–Crippen LogP) is 2.05. The van der Waals surface area contributed by atoms with Crippen LogP contribution in [0, 0.1) is 0 Å². The van der Waals surface area contributed by atoms with E-state index in [9.17, 15) is 4.79 Å². The molecule has 1 aromatic heterocycles.